The van der Waals surface area contributed by atoms with Gasteiger partial charge in [0.05, 0.1) is 12.9 Å². The van der Waals surface area contributed by atoms with Crippen molar-refractivity contribution >= 4 is 6.08 Å². The molecule has 0 aromatic heterocycles. The first-order valence-corrected chi connectivity index (χ1v) is 4.43. The number of rotatable bonds is 4. The summed E-state index contributed by atoms with van der Waals surface area (Å²) in [6.07, 6.45) is 7.58. The van der Waals surface area contributed by atoms with Crippen molar-refractivity contribution in [2.24, 2.45) is 0 Å². The molecule has 0 bridgehead atoms. The van der Waals surface area contributed by atoms with E-state index in [1.54, 1.807) is 6.26 Å². The maximum atomic E-state index is 5.04. The zero-order chi connectivity index (χ0) is 9.36. The average molecular weight is 174 g/mol. The monoisotopic (exact) mass is 174 g/mol. The largest absolute Gasteiger partial charge is 0.501 e. The van der Waals surface area contributed by atoms with Crippen molar-refractivity contribution in [3.63, 3.8) is 0 Å². The van der Waals surface area contributed by atoms with E-state index in [9.17, 15) is 0 Å². The van der Waals surface area contributed by atoms with Gasteiger partial charge in [-0.15, -0.1) is 0 Å². The molecular weight excluding hydrogens is 160 g/mol. The molecular formula is C12H14O. The molecule has 0 amide bonds. The lowest BCUT2D eigenvalue weighted by Crippen LogP contribution is -1.74. The van der Waals surface area contributed by atoms with Crippen molar-refractivity contribution in [3.8, 4) is 0 Å². The molecule has 0 N–H and O–H groups in total. The number of hydrogen-bond acceptors (Lipinski definition) is 1. The van der Waals surface area contributed by atoms with Gasteiger partial charge >= 0.3 is 0 Å². The van der Waals surface area contributed by atoms with Gasteiger partial charge in [0.2, 0.25) is 0 Å². The Balaban J connectivity index is 2.41. The van der Waals surface area contributed by atoms with Gasteiger partial charge in [0.25, 0.3) is 0 Å². The molecule has 0 unspecified atom stereocenters. The van der Waals surface area contributed by atoms with Gasteiger partial charge in [-0.25, -0.2) is 0 Å². The number of hydrogen-bond donors (Lipinski definition) is 0. The minimum absolute atomic E-state index is 0.718. The number of benzene rings is 1. The van der Waals surface area contributed by atoms with Crippen molar-refractivity contribution < 1.29 is 4.74 Å². The Bertz CT molecular complexity index is 272. The van der Waals surface area contributed by atoms with E-state index in [-0.39, 0.29) is 0 Å². The zero-order valence-corrected chi connectivity index (χ0v) is 7.81. The van der Waals surface area contributed by atoms with E-state index in [0.29, 0.717) is 0 Å². The van der Waals surface area contributed by atoms with E-state index in [1.807, 2.05) is 43.4 Å². The SMILES string of the molecule is CCOC=CC=Cc1ccccc1. The van der Waals surface area contributed by atoms with Gasteiger partial charge in [0.15, 0.2) is 0 Å². The topological polar surface area (TPSA) is 9.23 Å². The summed E-state index contributed by atoms with van der Waals surface area (Å²) in [5, 5.41) is 0. The highest BCUT2D eigenvalue weighted by molar-refractivity contribution is 5.50. The third-order valence-electron chi connectivity index (χ3n) is 1.54. The lowest BCUT2D eigenvalue weighted by atomic mass is 10.2. The van der Waals surface area contributed by atoms with Crippen LogP contribution in [0.25, 0.3) is 6.08 Å². The van der Waals surface area contributed by atoms with Crippen LogP contribution in [0.1, 0.15) is 12.5 Å². The highest BCUT2D eigenvalue weighted by atomic mass is 16.5. The quantitative estimate of drug-likeness (QED) is 0.503. The van der Waals surface area contributed by atoms with Crippen LogP contribution in [0.15, 0.2) is 48.7 Å². The Kier molecular flexibility index (Phi) is 4.47. The fraction of sp³-hybridized carbons (Fsp3) is 0.167. The average Bonchev–Trinajstić information content (AvgIpc) is 2.19. The van der Waals surface area contributed by atoms with Crippen LogP contribution in [0.3, 0.4) is 0 Å². The van der Waals surface area contributed by atoms with Gasteiger partial charge in [-0.3, -0.25) is 0 Å². The Morgan fingerprint density at radius 3 is 2.62 bits per heavy atom. The molecule has 1 aromatic carbocycles. The Hall–Kier alpha value is -1.50. The van der Waals surface area contributed by atoms with Crippen LogP contribution in [-0.2, 0) is 4.74 Å². The molecule has 1 aromatic rings. The van der Waals surface area contributed by atoms with Gasteiger partial charge in [0, 0.05) is 0 Å². The van der Waals surface area contributed by atoms with E-state index in [2.05, 4.69) is 12.1 Å². The van der Waals surface area contributed by atoms with Gasteiger partial charge in [0.1, 0.15) is 0 Å². The van der Waals surface area contributed by atoms with Crippen LogP contribution in [0.5, 0.6) is 0 Å². The lowest BCUT2D eigenvalue weighted by molar-refractivity contribution is 0.269. The second-order valence-electron chi connectivity index (χ2n) is 2.55. The third kappa shape index (κ3) is 4.16. The molecule has 0 spiro atoms. The van der Waals surface area contributed by atoms with E-state index in [0.717, 1.165) is 6.61 Å². The van der Waals surface area contributed by atoms with Crippen LogP contribution in [0.4, 0.5) is 0 Å². The molecule has 1 rings (SSSR count). The normalized spacial score (nSPS) is 11.2. The van der Waals surface area contributed by atoms with E-state index < -0.39 is 0 Å². The van der Waals surface area contributed by atoms with E-state index >= 15 is 0 Å². The van der Waals surface area contributed by atoms with Crippen molar-refractivity contribution in [2.45, 2.75) is 6.92 Å². The number of ether oxygens (including phenoxy) is 1. The first-order chi connectivity index (χ1) is 6.43. The Labute approximate surface area is 79.4 Å². The lowest BCUT2D eigenvalue weighted by Gasteiger charge is -1.90. The predicted octanol–water partition coefficient (Wildman–Crippen LogP) is 3.25. The maximum Gasteiger partial charge on any atom is 0.0845 e. The molecule has 0 aliphatic rings. The second kappa shape index (κ2) is 6.06. The zero-order valence-electron chi connectivity index (χ0n) is 7.81. The summed E-state index contributed by atoms with van der Waals surface area (Å²) in [7, 11) is 0. The van der Waals surface area contributed by atoms with Crippen molar-refractivity contribution in [2.75, 3.05) is 6.61 Å². The summed E-state index contributed by atoms with van der Waals surface area (Å²) in [4.78, 5) is 0. The van der Waals surface area contributed by atoms with Gasteiger partial charge < -0.3 is 4.74 Å². The highest BCUT2D eigenvalue weighted by Gasteiger charge is 1.79. The van der Waals surface area contributed by atoms with E-state index in [1.165, 1.54) is 5.56 Å². The van der Waals surface area contributed by atoms with Gasteiger partial charge in [-0.2, -0.15) is 0 Å². The summed E-state index contributed by atoms with van der Waals surface area (Å²) in [6, 6.07) is 10.2. The molecule has 0 heterocycles. The highest BCUT2D eigenvalue weighted by Crippen LogP contribution is 2.00. The smallest absolute Gasteiger partial charge is 0.0845 e. The first kappa shape index (κ1) is 9.59. The first-order valence-electron chi connectivity index (χ1n) is 4.43. The second-order valence-corrected chi connectivity index (χ2v) is 2.55. The van der Waals surface area contributed by atoms with Crippen LogP contribution in [0.2, 0.25) is 0 Å². The Morgan fingerprint density at radius 2 is 1.92 bits per heavy atom. The van der Waals surface area contributed by atoms with Crippen molar-refractivity contribution in [1.29, 1.82) is 0 Å². The van der Waals surface area contributed by atoms with Crippen LogP contribution in [-0.4, -0.2) is 6.61 Å². The summed E-state index contributed by atoms with van der Waals surface area (Å²) in [5.41, 5.74) is 1.20. The summed E-state index contributed by atoms with van der Waals surface area (Å²) >= 11 is 0. The molecule has 1 nitrogen and oxygen atoms in total. The van der Waals surface area contributed by atoms with E-state index in [4.69, 9.17) is 4.74 Å². The molecule has 13 heavy (non-hydrogen) atoms. The summed E-state index contributed by atoms with van der Waals surface area (Å²) < 4.78 is 5.04. The van der Waals surface area contributed by atoms with Crippen LogP contribution < -0.4 is 0 Å². The molecule has 0 fully saturated rings. The molecule has 0 saturated heterocycles. The standard InChI is InChI=1S/C12H14O/c1-2-13-11-7-6-10-12-8-4-3-5-9-12/h3-11H,2H2,1H3. The number of allylic oxidation sites excluding steroid dienone is 2. The fourth-order valence-corrected chi connectivity index (χ4v) is 0.928. The molecule has 68 valence electrons. The minimum atomic E-state index is 0.718. The summed E-state index contributed by atoms with van der Waals surface area (Å²) in [6.45, 7) is 2.68. The van der Waals surface area contributed by atoms with Gasteiger partial charge in [-0.05, 0) is 18.6 Å². The Morgan fingerprint density at radius 1 is 1.15 bits per heavy atom. The maximum absolute atomic E-state index is 5.04. The summed E-state index contributed by atoms with van der Waals surface area (Å²) in [5.74, 6) is 0. The third-order valence-corrected chi connectivity index (χ3v) is 1.54. The molecule has 0 saturated carbocycles. The molecule has 1 heteroatoms. The van der Waals surface area contributed by atoms with Crippen molar-refractivity contribution in [1.82, 2.24) is 0 Å². The predicted molar refractivity (Wildman–Crippen MR) is 56.2 cm³/mol. The van der Waals surface area contributed by atoms with Crippen molar-refractivity contribution in [3.05, 3.63) is 54.3 Å². The fourth-order valence-electron chi connectivity index (χ4n) is 0.928. The molecule has 0 aliphatic carbocycles. The van der Waals surface area contributed by atoms with Crippen LogP contribution >= 0.6 is 0 Å². The molecule has 0 aliphatic heterocycles. The molecule has 0 radical (unpaired) electrons. The van der Waals surface area contributed by atoms with Gasteiger partial charge in [-0.1, -0.05) is 42.5 Å². The minimum Gasteiger partial charge on any atom is -0.501 e. The molecule has 0 atom stereocenters. The van der Waals surface area contributed by atoms with Crippen LogP contribution in [0, 0.1) is 0 Å².